The largest absolute Gasteiger partial charge is 0.495 e. The monoisotopic (exact) mass is 584 g/mol. The number of aromatic nitrogens is 2. The zero-order valence-electron chi connectivity index (χ0n) is 23.8. The molecule has 5 rings (SSSR count). The lowest BCUT2D eigenvalue weighted by molar-refractivity contribution is -0.384. The standard InChI is InChI=1S/C31H32N6O4S/c1-19-8-7-9-22(16-19)33-28(38)13-15-35-30(29(34-31(35)42)25-10-5-6-14-32-25)24-17-20(2)36(21(24)3)26-18-23(37(39)40)11-12-27(26)41-4/h5-12,14,16-18,29-30H,13,15H2,1-4H3,(H,33,38)(H,34,42)/t29-,30-/m0/s1. The lowest BCUT2D eigenvalue weighted by Crippen LogP contribution is -2.32. The van der Waals surface area contributed by atoms with Gasteiger partial charge in [-0.1, -0.05) is 18.2 Å². The van der Waals surface area contributed by atoms with Crippen LogP contribution in [0.3, 0.4) is 0 Å². The van der Waals surface area contributed by atoms with E-state index in [4.69, 9.17) is 17.0 Å². The molecular formula is C31H32N6O4S. The van der Waals surface area contributed by atoms with E-state index in [9.17, 15) is 14.9 Å². The summed E-state index contributed by atoms with van der Waals surface area (Å²) in [7, 11) is 1.54. The van der Waals surface area contributed by atoms with Gasteiger partial charge in [0.25, 0.3) is 5.69 Å². The number of non-ortho nitro benzene ring substituents is 1. The van der Waals surface area contributed by atoms with Crippen LogP contribution in [0.2, 0.25) is 0 Å². The Bertz CT molecular complexity index is 1650. The van der Waals surface area contributed by atoms with Crippen molar-refractivity contribution in [2.24, 2.45) is 0 Å². The van der Waals surface area contributed by atoms with Crippen molar-refractivity contribution in [3.63, 3.8) is 0 Å². The Morgan fingerprint density at radius 1 is 1.12 bits per heavy atom. The molecule has 1 saturated heterocycles. The van der Waals surface area contributed by atoms with Crippen molar-refractivity contribution in [2.45, 2.75) is 39.3 Å². The molecule has 2 N–H and O–H groups in total. The lowest BCUT2D eigenvalue weighted by Gasteiger charge is -2.28. The number of nitrogens with zero attached hydrogens (tertiary/aromatic N) is 4. The zero-order chi connectivity index (χ0) is 30.0. The molecule has 0 bridgehead atoms. The molecule has 11 heteroatoms. The van der Waals surface area contributed by atoms with E-state index >= 15 is 0 Å². The van der Waals surface area contributed by atoms with E-state index in [0.717, 1.165) is 33.9 Å². The molecular weight excluding hydrogens is 552 g/mol. The number of nitro benzene ring substituents is 1. The first kappa shape index (κ1) is 28.7. The molecule has 216 valence electrons. The average Bonchev–Trinajstić information content (AvgIpc) is 3.45. The van der Waals surface area contributed by atoms with E-state index in [0.29, 0.717) is 23.1 Å². The highest BCUT2D eigenvalue weighted by Crippen LogP contribution is 2.42. The Hall–Kier alpha value is -4.77. The van der Waals surface area contributed by atoms with E-state index < -0.39 is 4.92 Å². The van der Waals surface area contributed by atoms with Crippen LogP contribution < -0.4 is 15.4 Å². The van der Waals surface area contributed by atoms with E-state index in [2.05, 4.69) is 21.7 Å². The third-order valence-electron chi connectivity index (χ3n) is 7.48. The smallest absolute Gasteiger partial charge is 0.271 e. The van der Waals surface area contributed by atoms with Crippen LogP contribution in [0.1, 0.15) is 46.7 Å². The molecule has 10 nitrogen and oxygen atoms in total. The molecule has 2 aromatic carbocycles. The summed E-state index contributed by atoms with van der Waals surface area (Å²) in [6.07, 6.45) is 1.96. The number of methoxy groups -OCH3 is 1. The highest BCUT2D eigenvalue weighted by Gasteiger charge is 2.41. The summed E-state index contributed by atoms with van der Waals surface area (Å²) < 4.78 is 7.55. The van der Waals surface area contributed by atoms with Crippen molar-refractivity contribution in [3.8, 4) is 11.4 Å². The van der Waals surface area contributed by atoms with Gasteiger partial charge in [-0.25, -0.2) is 0 Å². The minimum absolute atomic E-state index is 0.0313. The third kappa shape index (κ3) is 5.68. The number of thiocarbonyl (C=S) groups is 1. The summed E-state index contributed by atoms with van der Waals surface area (Å²) in [5.41, 5.74) is 5.87. The maximum atomic E-state index is 13.0. The molecule has 1 aliphatic heterocycles. The van der Waals surface area contributed by atoms with Gasteiger partial charge in [0.1, 0.15) is 5.75 Å². The second kappa shape index (κ2) is 12.0. The van der Waals surface area contributed by atoms with Crippen molar-refractivity contribution >= 4 is 34.6 Å². The summed E-state index contributed by atoms with van der Waals surface area (Å²) in [5, 5.41) is 18.5. The van der Waals surface area contributed by atoms with Crippen molar-refractivity contribution in [2.75, 3.05) is 19.0 Å². The average molecular weight is 585 g/mol. The van der Waals surface area contributed by atoms with Gasteiger partial charge in [-0.2, -0.15) is 0 Å². The zero-order valence-corrected chi connectivity index (χ0v) is 24.6. The topological polar surface area (TPSA) is 115 Å². The molecule has 2 atom stereocenters. The summed E-state index contributed by atoms with van der Waals surface area (Å²) in [4.78, 5) is 30.8. The normalized spacial score (nSPS) is 16.3. The predicted octanol–water partition coefficient (Wildman–Crippen LogP) is 5.72. The first-order valence-corrected chi connectivity index (χ1v) is 13.9. The number of ether oxygens (including phenoxy) is 1. The molecule has 0 unspecified atom stereocenters. The van der Waals surface area contributed by atoms with Gasteiger partial charge >= 0.3 is 0 Å². The fourth-order valence-corrected chi connectivity index (χ4v) is 5.91. The molecule has 0 aliphatic carbocycles. The van der Waals surface area contributed by atoms with Gasteiger partial charge < -0.3 is 24.8 Å². The van der Waals surface area contributed by atoms with Crippen LogP contribution >= 0.6 is 12.2 Å². The fraction of sp³-hybridized carbons (Fsp3) is 0.258. The number of anilines is 1. The van der Waals surface area contributed by atoms with Gasteiger partial charge in [0.2, 0.25) is 5.91 Å². The van der Waals surface area contributed by atoms with E-state index in [1.54, 1.807) is 19.4 Å². The molecule has 0 radical (unpaired) electrons. The molecule has 42 heavy (non-hydrogen) atoms. The second-order valence-electron chi connectivity index (χ2n) is 10.3. The lowest BCUT2D eigenvalue weighted by atomic mass is 9.96. The number of nitrogens with one attached hydrogen (secondary N) is 2. The van der Waals surface area contributed by atoms with Crippen molar-refractivity contribution in [3.05, 3.63) is 111 Å². The Morgan fingerprint density at radius 3 is 2.62 bits per heavy atom. The summed E-state index contributed by atoms with van der Waals surface area (Å²) in [5.74, 6) is 0.398. The molecule has 1 amide bonds. The molecule has 3 heterocycles. The highest BCUT2D eigenvalue weighted by atomic mass is 32.1. The van der Waals surface area contributed by atoms with Crippen LogP contribution in [0.15, 0.2) is 72.9 Å². The molecule has 4 aromatic rings. The number of nitro groups is 1. The Morgan fingerprint density at radius 2 is 1.93 bits per heavy atom. The number of pyridine rings is 1. The number of hydrogen-bond donors (Lipinski definition) is 2. The van der Waals surface area contributed by atoms with Crippen LogP contribution in [0.25, 0.3) is 5.69 Å². The second-order valence-corrected chi connectivity index (χ2v) is 10.6. The van der Waals surface area contributed by atoms with Crippen molar-refractivity contribution in [1.29, 1.82) is 0 Å². The SMILES string of the molecule is COc1ccc([N+](=O)[O-])cc1-n1c(C)cc([C@H]2[C@H](c3ccccn3)NC(=S)N2CCC(=O)Nc2cccc(C)c2)c1C. The number of carbonyl (C=O) groups is 1. The highest BCUT2D eigenvalue weighted by molar-refractivity contribution is 7.80. The molecule has 0 saturated carbocycles. The molecule has 1 aliphatic rings. The van der Waals surface area contributed by atoms with Crippen molar-refractivity contribution in [1.82, 2.24) is 19.8 Å². The van der Waals surface area contributed by atoms with Gasteiger partial charge in [0.15, 0.2) is 5.11 Å². The molecule has 0 spiro atoms. The van der Waals surface area contributed by atoms with Crippen LogP contribution in [0, 0.1) is 30.9 Å². The van der Waals surface area contributed by atoms with Crippen LogP contribution in [-0.4, -0.2) is 44.0 Å². The van der Waals surface area contributed by atoms with Crippen LogP contribution in [0.4, 0.5) is 11.4 Å². The minimum Gasteiger partial charge on any atom is -0.495 e. The predicted molar refractivity (Wildman–Crippen MR) is 165 cm³/mol. The summed E-state index contributed by atoms with van der Waals surface area (Å²) >= 11 is 5.81. The van der Waals surface area contributed by atoms with E-state index in [1.807, 2.05) is 72.7 Å². The number of benzene rings is 2. The number of amides is 1. The van der Waals surface area contributed by atoms with Crippen molar-refractivity contribution < 1.29 is 14.5 Å². The number of rotatable bonds is 9. The Labute approximate surface area is 249 Å². The van der Waals surface area contributed by atoms with E-state index in [1.165, 1.54) is 12.1 Å². The molecule has 1 fully saturated rings. The van der Waals surface area contributed by atoms with Gasteiger partial charge in [0.05, 0.1) is 35.5 Å². The van der Waals surface area contributed by atoms with Crippen LogP contribution in [0.5, 0.6) is 5.75 Å². The van der Waals surface area contributed by atoms with Gasteiger partial charge in [-0.15, -0.1) is 0 Å². The van der Waals surface area contributed by atoms with Gasteiger partial charge in [-0.3, -0.25) is 19.9 Å². The quantitative estimate of drug-likeness (QED) is 0.146. The fourth-order valence-electron chi connectivity index (χ4n) is 5.58. The van der Waals surface area contributed by atoms with Crippen LogP contribution in [-0.2, 0) is 4.79 Å². The minimum atomic E-state index is -0.419. The molecule has 2 aromatic heterocycles. The Balaban J connectivity index is 1.52. The number of hydrogen-bond acceptors (Lipinski definition) is 6. The number of aryl methyl sites for hydroxylation is 2. The van der Waals surface area contributed by atoms with E-state index in [-0.39, 0.29) is 30.1 Å². The van der Waals surface area contributed by atoms with Gasteiger partial charge in [-0.05, 0) is 80.5 Å². The summed E-state index contributed by atoms with van der Waals surface area (Å²) in [6, 6.07) is 19.5. The third-order valence-corrected chi connectivity index (χ3v) is 7.83. The number of carbonyl (C=O) groups excluding carboxylic acids is 1. The summed E-state index contributed by atoms with van der Waals surface area (Å²) in [6.45, 7) is 6.28. The Kier molecular flexibility index (Phi) is 8.21. The maximum Gasteiger partial charge on any atom is 0.271 e. The first-order chi connectivity index (χ1) is 20.2. The van der Waals surface area contributed by atoms with Gasteiger partial charge in [0, 0.05) is 48.4 Å². The first-order valence-electron chi connectivity index (χ1n) is 13.5. The maximum absolute atomic E-state index is 13.0.